The van der Waals surface area contributed by atoms with E-state index < -0.39 is 0 Å². The van der Waals surface area contributed by atoms with Gasteiger partial charge in [-0.15, -0.1) is 0 Å². The maximum absolute atomic E-state index is 5.22. The van der Waals surface area contributed by atoms with Gasteiger partial charge in [-0.1, -0.05) is 128 Å². The van der Waals surface area contributed by atoms with Crippen molar-refractivity contribution < 1.29 is 0 Å². The molecule has 1 aliphatic rings. The van der Waals surface area contributed by atoms with E-state index in [1.165, 1.54) is 75.9 Å². The molecule has 0 spiro atoms. The maximum Gasteiger partial charge on any atom is 0.145 e. The average Bonchev–Trinajstić information content (AvgIpc) is 3.54. The van der Waals surface area contributed by atoms with Crippen LogP contribution in [0.5, 0.6) is 0 Å². The largest absolute Gasteiger partial charge is 0.291 e. The second-order valence-corrected chi connectivity index (χ2v) is 12.8. The van der Waals surface area contributed by atoms with Gasteiger partial charge in [-0.05, 0) is 87.3 Å². The van der Waals surface area contributed by atoms with Crippen LogP contribution in [0.25, 0.3) is 72.0 Å². The quantitative estimate of drug-likeness (QED) is 0.183. The second-order valence-electron chi connectivity index (χ2n) is 12.8. The van der Waals surface area contributed by atoms with Gasteiger partial charge in [0.2, 0.25) is 0 Å². The maximum atomic E-state index is 5.22. The molecule has 0 radical (unpaired) electrons. The van der Waals surface area contributed by atoms with Crippen LogP contribution in [-0.4, -0.2) is 14.5 Å². The molecular formula is C44H35N3. The van der Waals surface area contributed by atoms with Crippen molar-refractivity contribution in [3.63, 3.8) is 0 Å². The molecule has 3 nitrogen and oxygen atoms in total. The Kier molecular flexibility index (Phi) is 6.89. The Morgan fingerprint density at radius 3 is 1.98 bits per heavy atom. The molecule has 0 N–H and O–H groups in total. The molecule has 9 rings (SSSR count). The van der Waals surface area contributed by atoms with Crippen LogP contribution in [0, 0.1) is 0 Å². The fourth-order valence-corrected chi connectivity index (χ4v) is 7.86. The van der Waals surface area contributed by atoms with Crippen LogP contribution in [0.4, 0.5) is 0 Å². The monoisotopic (exact) mass is 605 g/mol. The SMILES string of the molecule is c1ccc(-c2ccc3c(-c4ccc(-n5c(-c6ccccc6)nc6ccccc65)cn4)c4ccccc4c(C4CCCCC4)c3c2)cc1. The van der Waals surface area contributed by atoms with Crippen LogP contribution in [-0.2, 0) is 0 Å². The highest BCUT2D eigenvalue weighted by Gasteiger charge is 2.24. The zero-order chi connectivity index (χ0) is 31.2. The summed E-state index contributed by atoms with van der Waals surface area (Å²) < 4.78 is 2.23. The number of rotatable bonds is 5. The van der Waals surface area contributed by atoms with E-state index in [0.29, 0.717) is 5.92 Å². The highest BCUT2D eigenvalue weighted by molar-refractivity contribution is 6.15. The lowest BCUT2D eigenvalue weighted by Gasteiger charge is -2.27. The number of pyridine rings is 1. The molecule has 226 valence electrons. The molecule has 0 aliphatic heterocycles. The number of nitrogens with zero attached hydrogens (tertiary/aromatic N) is 3. The van der Waals surface area contributed by atoms with E-state index in [1.807, 2.05) is 18.3 Å². The summed E-state index contributed by atoms with van der Waals surface area (Å²) in [6.45, 7) is 0. The van der Waals surface area contributed by atoms with Crippen molar-refractivity contribution in [3.05, 3.63) is 151 Å². The second kappa shape index (κ2) is 11.7. The lowest BCUT2D eigenvalue weighted by Crippen LogP contribution is -2.07. The van der Waals surface area contributed by atoms with Crippen LogP contribution in [0.2, 0.25) is 0 Å². The third-order valence-electron chi connectivity index (χ3n) is 10.0. The van der Waals surface area contributed by atoms with Crippen molar-refractivity contribution in [2.45, 2.75) is 38.0 Å². The minimum absolute atomic E-state index is 0.567. The molecule has 2 aromatic heterocycles. The van der Waals surface area contributed by atoms with Crippen LogP contribution < -0.4 is 0 Å². The van der Waals surface area contributed by atoms with E-state index in [4.69, 9.17) is 9.97 Å². The highest BCUT2D eigenvalue weighted by Crippen LogP contribution is 2.46. The minimum Gasteiger partial charge on any atom is -0.291 e. The fourth-order valence-electron chi connectivity index (χ4n) is 7.86. The Bertz CT molecular complexity index is 2360. The molecule has 0 unspecified atom stereocenters. The molecule has 1 fully saturated rings. The standard InChI is InChI=1S/C44H35N3/c1-4-14-30(15-5-1)33-24-26-37-38(28-33)42(31-16-6-2-7-17-31)35-20-10-11-21-36(35)43(37)40-27-25-34(29-45-40)47-41-23-13-12-22-39(41)46-44(47)32-18-8-3-9-19-32/h1,3-5,8-15,18-29,31H,2,6-7,16-17H2. The molecule has 2 heterocycles. The van der Waals surface area contributed by atoms with Gasteiger partial charge in [0, 0.05) is 11.1 Å². The fraction of sp³-hybridized carbons (Fsp3) is 0.136. The summed E-state index contributed by atoms with van der Waals surface area (Å²) >= 11 is 0. The van der Waals surface area contributed by atoms with E-state index in [2.05, 4.69) is 132 Å². The van der Waals surface area contributed by atoms with Crippen molar-refractivity contribution in [3.8, 4) is 39.5 Å². The van der Waals surface area contributed by atoms with Crippen molar-refractivity contribution in [2.24, 2.45) is 0 Å². The Morgan fingerprint density at radius 1 is 0.532 bits per heavy atom. The topological polar surface area (TPSA) is 30.7 Å². The first-order chi connectivity index (χ1) is 23.3. The Balaban J connectivity index is 1.26. The number of benzene rings is 6. The van der Waals surface area contributed by atoms with E-state index in [9.17, 15) is 0 Å². The molecule has 1 saturated carbocycles. The number of fused-ring (bicyclic) bond motifs is 3. The van der Waals surface area contributed by atoms with Gasteiger partial charge in [-0.3, -0.25) is 9.55 Å². The highest BCUT2D eigenvalue weighted by atomic mass is 15.1. The molecule has 0 amide bonds. The van der Waals surface area contributed by atoms with Gasteiger partial charge < -0.3 is 0 Å². The van der Waals surface area contributed by atoms with Crippen molar-refractivity contribution >= 4 is 32.6 Å². The van der Waals surface area contributed by atoms with Gasteiger partial charge in [0.1, 0.15) is 5.82 Å². The summed E-state index contributed by atoms with van der Waals surface area (Å²) in [4.78, 5) is 10.3. The van der Waals surface area contributed by atoms with Crippen LogP contribution in [0.3, 0.4) is 0 Å². The first kappa shape index (κ1) is 27.7. The zero-order valence-corrected chi connectivity index (χ0v) is 26.3. The predicted molar refractivity (Wildman–Crippen MR) is 196 cm³/mol. The third kappa shape index (κ3) is 4.82. The lowest BCUT2D eigenvalue weighted by molar-refractivity contribution is 0.447. The Labute approximate surface area is 275 Å². The van der Waals surface area contributed by atoms with E-state index in [1.54, 1.807) is 0 Å². The van der Waals surface area contributed by atoms with Crippen LogP contribution in [0.15, 0.2) is 146 Å². The lowest BCUT2D eigenvalue weighted by atomic mass is 9.78. The summed E-state index contributed by atoms with van der Waals surface area (Å²) in [5.41, 5.74) is 10.4. The predicted octanol–water partition coefficient (Wildman–Crippen LogP) is 11.8. The molecule has 8 aromatic rings. The van der Waals surface area contributed by atoms with Gasteiger partial charge in [-0.25, -0.2) is 4.98 Å². The normalized spacial score (nSPS) is 13.9. The third-order valence-corrected chi connectivity index (χ3v) is 10.0. The first-order valence-corrected chi connectivity index (χ1v) is 16.9. The molecule has 0 atom stereocenters. The zero-order valence-electron chi connectivity index (χ0n) is 26.3. The smallest absolute Gasteiger partial charge is 0.145 e. The number of hydrogen-bond acceptors (Lipinski definition) is 2. The molecule has 3 heteroatoms. The van der Waals surface area contributed by atoms with E-state index in [0.717, 1.165) is 33.8 Å². The van der Waals surface area contributed by atoms with Crippen molar-refractivity contribution in [2.75, 3.05) is 0 Å². The molecule has 47 heavy (non-hydrogen) atoms. The number of aromatic nitrogens is 3. The van der Waals surface area contributed by atoms with Gasteiger partial charge in [-0.2, -0.15) is 0 Å². The minimum atomic E-state index is 0.567. The average molecular weight is 606 g/mol. The van der Waals surface area contributed by atoms with Gasteiger partial charge in [0.25, 0.3) is 0 Å². The number of imidazole rings is 1. The summed E-state index contributed by atoms with van der Waals surface area (Å²) in [5.74, 6) is 1.49. The summed E-state index contributed by atoms with van der Waals surface area (Å²) in [6, 6.07) is 50.1. The van der Waals surface area contributed by atoms with Crippen LogP contribution >= 0.6 is 0 Å². The van der Waals surface area contributed by atoms with E-state index in [-0.39, 0.29) is 0 Å². The first-order valence-electron chi connectivity index (χ1n) is 16.9. The van der Waals surface area contributed by atoms with Gasteiger partial charge in [0.05, 0.1) is 28.6 Å². The van der Waals surface area contributed by atoms with Gasteiger partial charge in [0.15, 0.2) is 0 Å². The Morgan fingerprint density at radius 2 is 1.21 bits per heavy atom. The van der Waals surface area contributed by atoms with E-state index >= 15 is 0 Å². The van der Waals surface area contributed by atoms with Gasteiger partial charge >= 0.3 is 0 Å². The number of hydrogen-bond donors (Lipinski definition) is 0. The van der Waals surface area contributed by atoms with Crippen molar-refractivity contribution in [1.29, 1.82) is 0 Å². The van der Waals surface area contributed by atoms with Crippen LogP contribution in [0.1, 0.15) is 43.6 Å². The number of para-hydroxylation sites is 2. The Hall–Kier alpha value is -5.54. The summed E-state index contributed by atoms with van der Waals surface area (Å²) in [5, 5.41) is 5.29. The molecular weight excluding hydrogens is 571 g/mol. The summed E-state index contributed by atoms with van der Waals surface area (Å²) in [6.07, 6.45) is 8.47. The van der Waals surface area contributed by atoms with Crippen molar-refractivity contribution in [1.82, 2.24) is 14.5 Å². The molecule has 0 saturated heterocycles. The molecule has 6 aromatic carbocycles. The summed E-state index contributed by atoms with van der Waals surface area (Å²) in [7, 11) is 0. The molecule has 0 bridgehead atoms. The molecule has 1 aliphatic carbocycles.